The van der Waals surface area contributed by atoms with E-state index < -0.39 is 10.0 Å². The molecule has 0 bridgehead atoms. The van der Waals surface area contributed by atoms with Crippen LogP contribution in [0.15, 0.2) is 64.2 Å². The summed E-state index contributed by atoms with van der Waals surface area (Å²) in [5, 5.41) is 2.73. The van der Waals surface area contributed by atoms with Gasteiger partial charge in [0.2, 0.25) is 5.88 Å². The number of hydrogen-bond acceptors (Lipinski definition) is 7. The molecule has 0 aliphatic heterocycles. The predicted molar refractivity (Wildman–Crippen MR) is 119 cm³/mol. The van der Waals surface area contributed by atoms with Crippen molar-refractivity contribution in [3.63, 3.8) is 0 Å². The first-order valence-corrected chi connectivity index (χ1v) is 11.3. The van der Waals surface area contributed by atoms with Crippen LogP contribution in [-0.4, -0.2) is 38.0 Å². The third-order valence-corrected chi connectivity index (χ3v) is 6.00. The Morgan fingerprint density at radius 2 is 1.84 bits per heavy atom. The largest absolute Gasteiger partial charge is 0.493 e. The summed E-state index contributed by atoms with van der Waals surface area (Å²) in [6.45, 7) is 2.38. The minimum atomic E-state index is -3.88. The lowest BCUT2D eigenvalue weighted by Crippen LogP contribution is -2.15. The van der Waals surface area contributed by atoms with Crippen LogP contribution in [0.3, 0.4) is 0 Å². The fourth-order valence-corrected chi connectivity index (χ4v) is 4.03. The Balaban J connectivity index is 1.70. The van der Waals surface area contributed by atoms with E-state index >= 15 is 0 Å². The van der Waals surface area contributed by atoms with Crippen molar-refractivity contribution < 1.29 is 22.7 Å². The topological polar surface area (TPSA) is 120 Å². The molecule has 0 atom stereocenters. The third kappa shape index (κ3) is 5.70. The van der Waals surface area contributed by atoms with E-state index in [1.165, 1.54) is 43.8 Å². The van der Waals surface area contributed by atoms with Crippen molar-refractivity contribution in [3.05, 3.63) is 64.9 Å². The lowest BCUT2D eigenvalue weighted by molar-refractivity contribution is 0.102. The molecule has 2 N–H and O–H groups in total. The van der Waals surface area contributed by atoms with Gasteiger partial charge in [-0.1, -0.05) is 0 Å². The van der Waals surface area contributed by atoms with Crippen molar-refractivity contribution in [2.24, 2.45) is 0 Å². The Kier molecular flexibility index (Phi) is 7.08. The number of nitrogens with one attached hydrogen (secondary N) is 2. The normalized spacial score (nSPS) is 10.9. The van der Waals surface area contributed by atoms with Gasteiger partial charge in [-0.15, -0.1) is 0 Å². The number of amides is 1. The first-order valence-electron chi connectivity index (χ1n) is 9.05. The Bertz CT molecular complexity index is 1190. The van der Waals surface area contributed by atoms with Gasteiger partial charge in [0.25, 0.3) is 15.9 Å². The Morgan fingerprint density at radius 3 is 2.48 bits per heavy atom. The Labute approximate surface area is 188 Å². The average molecular weight is 507 g/mol. The quantitative estimate of drug-likeness (QED) is 0.477. The van der Waals surface area contributed by atoms with E-state index in [2.05, 4.69) is 35.9 Å². The second-order valence-electron chi connectivity index (χ2n) is 6.11. The van der Waals surface area contributed by atoms with Crippen LogP contribution in [-0.2, 0) is 10.0 Å². The molecule has 1 heterocycles. The van der Waals surface area contributed by atoms with Crippen LogP contribution in [0.5, 0.6) is 11.6 Å². The third-order valence-electron chi connectivity index (χ3n) is 4.01. The highest BCUT2D eigenvalue weighted by molar-refractivity contribution is 9.10. The summed E-state index contributed by atoms with van der Waals surface area (Å²) in [6, 6.07) is 12.1. The van der Waals surface area contributed by atoms with Gasteiger partial charge in [0.05, 0.1) is 23.1 Å². The number of methoxy groups -OCH3 is 1. The van der Waals surface area contributed by atoms with Crippen molar-refractivity contribution >= 4 is 43.4 Å². The first-order chi connectivity index (χ1) is 14.8. The van der Waals surface area contributed by atoms with Gasteiger partial charge in [-0.3, -0.25) is 9.52 Å². The molecule has 0 unspecified atom stereocenters. The van der Waals surface area contributed by atoms with Crippen molar-refractivity contribution in [2.45, 2.75) is 11.8 Å². The van der Waals surface area contributed by atoms with E-state index in [1.807, 2.05) is 6.92 Å². The number of halogens is 1. The lowest BCUT2D eigenvalue weighted by Gasteiger charge is -2.10. The molecule has 0 saturated heterocycles. The maximum absolute atomic E-state index is 12.6. The molecule has 0 saturated carbocycles. The summed E-state index contributed by atoms with van der Waals surface area (Å²) in [7, 11) is -2.46. The van der Waals surface area contributed by atoms with E-state index in [0.717, 1.165) is 0 Å². The summed E-state index contributed by atoms with van der Waals surface area (Å²) in [4.78, 5) is 20.2. The van der Waals surface area contributed by atoms with Crippen LogP contribution in [0.1, 0.15) is 17.3 Å². The zero-order chi connectivity index (χ0) is 22.4. The molecule has 2 aromatic carbocycles. The molecule has 0 aliphatic rings. The summed E-state index contributed by atoms with van der Waals surface area (Å²) in [5.74, 6) is 0.602. The number of nitrogens with zero attached hydrogens (tertiary/aromatic N) is 2. The Hall–Kier alpha value is -3.18. The maximum Gasteiger partial charge on any atom is 0.263 e. The van der Waals surface area contributed by atoms with Crippen LogP contribution in [0.25, 0.3) is 0 Å². The monoisotopic (exact) mass is 506 g/mol. The van der Waals surface area contributed by atoms with Crippen molar-refractivity contribution in [1.82, 2.24) is 9.97 Å². The van der Waals surface area contributed by atoms with E-state index in [-0.39, 0.29) is 22.5 Å². The molecule has 1 amide bonds. The molecule has 0 aliphatic carbocycles. The molecule has 11 heteroatoms. The molecule has 162 valence electrons. The number of anilines is 2. The number of carbonyl (C=O) groups excluding carboxylic acids is 1. The van der Waals surface area contributed by atoms with Gasteiger partial charge in [-0.2, -0.15) is 0 Å². The number of ether oxygens (including phenoxy) is 2. The zero-order valence-corrected chi connectivity index (χ0v) is 19.0. The van der Waals surface area contributed by atoms with Gasteiger partial charge in [0.15, 0.2) is 0 Å². The Morgan fingerprint density at radius 1 is 1.10 bits per heavy atom. The van der Waals surface area contributed by atoms with Crippen molar-refractivity contribution in [2.75, 3.05) is 23.8 Å². The number of aromatic nitrogens is 2. The zero-order valence-electron chi connectivity index (χ0n) is 16.6. The lowest BCUT2D eigenvalue weighted by atomic mass is 10.2. The van der Waals surface area contributed by atoms with Gasteiger partial charge in [0.1, 0.15) is 17.9 Å². The fraction of sp³-hybridized carbons (Fsp3) is 0.150. The van der Waals surface area contributed by atoms with Gasteiger partial charge in [-0.05, 0) is 65.3 Å². The highest BCUT2D eigenvalue weighted by atomic mass is 79.9. The number of hydrogen-bond donors (Lipinski definition) is 2. The number of benzene rings is 2. The average Bonchev–Trinajstić information content (AvgIpc) is 2.75. The summed E-state index contributed by atoms with van der Waals surface area (Å²) < 4.78 is 38.5. The standard InChI is InChI=1S/C20H19BrN4O5S/c1-3-30-17-9-4-13(10-16(17)21)20(26)24-14-5-7-15(8-6-14)31(27,28)25-18-11-19(29-2)23-12-22-18/h4-12H,3H2,1-2H3,(H,24,26)(H,22,23,25). The second-order valence-corrected chi connectivity index (χ2v) is 8.64. The van der Waals surface area contributed by atoms with E-state index in [1.54, 1.807) is 18.2 Å². The molecule has 9 nitrogen and oxygen atoms in total. The second kappa shape index (κ2) is 9.75. The SMILES string of the molecule is CCOc1ccc(C(=O)Nc2ccc(S(=O)(=O)Nc3cc(OC)ncn3)cc2)cc1Br. The minimum absolute atomic E-state index is 0.00638. The number of sulfonamides is 1. The van der Waals surface area contributed by atoms with Gasteiger partial charge in [-0.25, -0.2) is 18.4 Å². The molecule has 0 fully saturated rings. The van der Waals surface area contributed by atoms with Crippen LogP contribution in [0, 0.1) is 0 Å². The van der Waals surface area contributed by atoms with Gasteiger partial charge in [0, 0.05) is 17.3 Å². The minimum Gasteiger partial charge on any atom is -0.493 e. The van der Waals surface area contributed by atoms with Gasteiger partial charge < -0.3 is 14.8 Å². The van der Waals surface area contributed by atoms with Gasteiger partial charge >= 0.3 is 0 Å². The van der Waals surface area contributed by atoms with Crippen LogP contribution in [0.2, 0.25) is 0 Å². The number of rotatable bonds is 8. The summed E-state index contributed by atoms with van der Waals surface area (Å²) in [5.41, 5.74) is 0.865. The molecule has 3 aromatic rings. The molecule has 3 rings (SSSR count). The van der Waals surface area contributed by atoms with Crippen molar-refractivity contribution in [1.29, 1.82) is 0 Å². The molecule has 0 spiro atoms. The molecule has 0 radical (unpaired) electrons. The first kappa shape index (κ1) is 22.5. The van der Waals surface area contributed by atoms with E-state index in [9.17, 15) is 13.2 Å². The summed E-state index contributed by atoms with van der Waals surface area (Å²) >= 11 is 3.37. The van der Waals surface area contributed by atoms with E-state index in [4.69, 9.17) is 9.47 Å². The van der Waals surface area contributed by atoms with Crippen LogP contribution >= 0.6 is 15.9 Å². The number of carbonyl (C=O) groups is 1. The van der Waals surface area contributed by atoms with Crippen molar-refractivity contribution in [3.8, 4) is 11.6 Å². The predicted octanol–water partition coefficient (Wildman–Crippen LogP) is 3.70. The van der Waals surface area contributed by atoms with Crippen LogP contribution < -0.4 is 19.5 Å². The molecular weight excluding hydrogens is 488 g/mol. The molecule has 31 heavy (non-hydrogen) atoms. The van der Waals surface area contributed by atoms with E-state index in [0.29, 0.717) is 28.1 Å². The highest BCUT2D eigenvalue weighted by Crippen LogP contribution is 2.26. The molecule has 1 aromatic heterocycles. The summed E-state index contributed by atoms with van der Waals surface area (Å²) in [6.07, 6.45) is 1.19. The highest BCUT2D eigenvalue weighted by Gasteiger charge is 2.16. The molecular formula is C20H19BrN4O5S. The van der Waals surface area contributed by atoms with Crippen LogP contribution in [0.4, 0.5) is 11.5 Å². The fourth-order valence-electron chi connectivity index (χ4n) is 2.54. The smallest absolute Gasteiger partial charge is 0.263 e. The maximum atomic E-state index is 12.6.